The lowest BCUT2D eigenvalue weighted by molar-refractivity contribution is -0.384. The van der Waals surface area contributed by atoms with Crippen LogP contribution in [0.3, 0.4) is 0 Å². The predicted octanol–water partition coefficient (Wildman–Crippen LogP) is 3.74. The number of ether oxygens (including phenoxy) is 2. The molecule has 0 saturated heterocycles. The number of nitrogens with zero attached hydrogens (tertiary/aromatic N) is 3. The van der Waals surface area contributed by atoms with Crippen LogP contribution in [0.25, 0.3) is 0 Å². The van der Waals surface area contributed by atoms with Crippen LogP contribution in [0.15, 0.2) is 51.1 Å². The number of amidine groups is 1. The zero-order valence-electron chi connectivity index (χ0n) is 20.0. The molecule has 1 aromatic carbocycles. The lowest BCUT2D eigenvalue weighted by Gasteiger charge is -2.36. The van der Waals surface area contributed by atoms with Gasteiger partial charge in [0.1, 0.15) is 0 Å². The summed E-state index contributed by atoms with van der Waals surface area (Å²) in [6, 6.07) is 5.93. The van der Waals surface area contributed by atoms with E-state index in [2.05, 4.69) is 10.3 Å². The molecule has 1 unspecified atom stereocenters. The molecule has 2 aliphatic rings. The Kier molecular flexibility index (Phi) is 10.1. The number of carbonyl (C=O) groups is 2. The Morgan fingerprint density at radius 1 is 1.23 bits per heavy atom. The minimum absolute atomic E-state index is 0. The first-order valence-corrected chi connectivity index (χ1v) is 11.8. The molecular weight excluding hydrogens is 496 g/mol. The highest BCUT2D eigenvalue weighted by Crippen LogP contribution is 2.46. The van der Waals surface area contributed by atoms with Gasteiger partial charge in [0, 0.05) is 38.0 Å². The predicted molar refractivity (Wildman–Crippen MR) is 136 cm³/mol. The van der Waals surface area contributed by atoms with E-state index in [4.69, 9.17) is 9.47 Å². The summed E-state index contributed by atoms with van der Waals surface area (Å²) >= 11 is 1.28. The van der Waals surface area contributed by atoms with E-state index in [1.54, 1.807) is 38.8 Å². The Balaban J connectivity index is 0.00000432. The Morgan fingerprint density at radius 2 is 1.89 bits per heavy atom. The molecule has 3 rings (SSSR count). The number of thioether (sulfide) groups is 1. The van der Waals surface area contributed by atoms with Crippen molar-refractivity contribution in [3.8, 4) is 0 Å². The molecule has 190 valence electrons. The highest BCUT2D eigenvalue weighted by Gasteiger charge is 2.42. The molecule has 0 amide bonds. The van der Waals surface area contributed by atoms with Crippen LogP contribution in [0.4, 0.5) is 5.69 Å². The number of non-ortho nitro benzene ring substituents is 1. The van der Waals surface area contributed by atoms with Gasteiger partial charge >= 0.3 is 11.9 Å². The van der Waals surface area contributed by atoms with Gasteiger partial charge in [-0.15, -0.1) is 12.4 Å². The number of benzene rings is 1. The van der Waals surface area contributed by atoms with Gasteiger partial charge in [-0.1, -0.05) is 12.1 Å². The smallest absolute Gasteiger partial charge is 0.337 e. The number of allylic oxidation sites excluding steroid dienone is 1. The maximum absolute atomic E-state index is 13.3. The number of nitro benzene ring substituents is 1. The fourth-order valence-electron chi connectivity index (χ4n) is 3.82. The van der Waals surface area contributed by atoms with E-state index < -0.39 is 22.8 Å². The van der Waals surface area contributed by atoms with Crippen LogP contribution >= 0.6 is 24.2 Å². The van der Waals surface area contributed by atoms with Gasteiger partial charge in [0.25, 0.3) is 5.69 Å². The molecule has 0 spiro atoms. The summed E-state index contributed by atoms with van der Waals surface area (Å²) in [5, 5.41) is 15.9. The van der Waals surface area contributed by atoms with Crippen LogP contribution in [0.1, 0.15) is 38.7 Å². The van der Waals surface area contributed by atoms with Crippen molar-refractivity contribution in [2.45, 2.75) is 33.1 Å². The normalized spacial score (nSPS) is 17.8. The SMILES string of the molecule is CCOC(=O)C1=C(C)N(C)C(SC2=NCCCN2)=C(C(=O)OCC)C1c1cccc([N+](=O)[O-])c1.Cl. The molecule has 35 heavy (non-hydrogen) atoms. The average Bonchev–Trinajstić information content (AvgIpc) is 2.82. The van der Waals surface area contributed by atoms with E-state index >= 15 is 0 Å². The van der Waals surface area contributed by atoms with E-state index in [1.807, 2.05) is 0 Å². The molecule has 0 saturated carbocycles. The van der Waals surface area contributed by atoms with E-state index in [1.165, 1.54) is 30.0 Å². The van der Waals surface area contributed by atoms with Crippen LogP contribution in [0.5, 0.6) is 0 Å². The van der Waals surface area contributed by atoms with Crippen molar-refractivity contribution in [1.82, 2.24) is 10.2 Å². The summed E-state index contributed by atoms with van der Waals surface area (Å²) in [7, 11) is 1.75. The van der Waals surface area contributed by atoms with Crippen molar-refractivity contribution in [2.24, 2.45) is 4.99 Å². The number of carbonyl (C=O) groups excluding carboxylic acids is 2. The quantitative estimate of drug-likeness (QED) is 0.322. The third-order valence-electron chi connectivity index (χ3n) is 5.47. The number of hydrogen-bond acceptors (Lipinski definition) is 10. The first kappa shape index (κ1) is 28.2. The number of halogens is 1. The van der Waals surface area contributed by atoms with Gasteiger partial charge in [0.2, 0.25) is 0 Å². The Morgan fingerprint density at radius 3 is 2.46 bits per heavy atom. The van der Waals surface area contributed by atoms with Gasteiger partial charge in [-0.25, -0.2) is 9.59 Å². The van der Waals surface area contributed by atoms with Crippen molar-refractivity contribution >= 4 is 47.0 Å². The van der Waals surface area contributed by atoms with Crippen LogP contribution in [0, 0.1) is 10.1 Å². The summed E-state index contributed by atoms with van der Waals surface area (Å²) in [6.45, 7) is 6.84. The van der Waals surface area contributed by atoms with Gasteiger partial charge in [-0.05, 0) is 44.5 Å². The minimum Gasteiger partial charge on any atom is -0.463 e. The first-order valence-electron chi connectivity index (χ1n) is 11.0. The molecule has 10 nitrogen and oxygen atoms in total. The van der Waals surface area contributed by atoms with E-state index in [-0.39, 0.29) is 42.5 Å². The Labute approximate surface area is 214 Å². The topological polar surface area (TPSA) is 123 Å². The molecule has 1 aromatic rings. The van der Waals surface area contributed by atoms with Gasteiger partial charge < -0.3 is 19.7 Å². The molecule has 2 aliphatic heterocycles. The second kappa shape index (κ2) is 12.6. The van der Waals surface area contributed by atoms with E-state index in [0.29, 0.717) is 28.0 Å². The standard InChI is InChI=1S/C23H28N4O6S.ClH/c1-5-32-21(28)17-14(3)26(4)20(34-23-24-11-8-12-25-23)19(22(29)33-6-2)18(17)15-9-7-10-16(13-15)27(30)31;/h7,9-10,13,18H,5-6,8,11-12H2,1-4H3,(H,24,25);1H. The van der Waals surface area contributed by atoms with Gasteiger partial charge in [-0.3, -0.25) is 15.1 Å². The third-order valence-corrected chi connectivity index (χ3v) is 6.62. The van der Waals surface area contributed by atoms with Crippen LogP contribution in [-0.4, -0.2) is 60.3 Å². The lowest BCUT2D eigenvalue weighted by atomic mass is 9.81. The van der Waals surface area contributed by atoms with Gasteiger partial charge in [-0.2, -0.15) is 0 Å². The van der Waals surface area contributed by atoms with Crippen molar-refractivity contribution in [2.75, 3.05) is 33.4 Å². The summed E-state index contributed by atoms with van der Waals surface area (Å²) in [4.78, 5) is 43.7. The first-order chi connectivity index (χ1) is 16.3. The monoisotopic (exact) mass is 524 g/mol. The molecule has 1 atom stereocenters. The van der Waals surface area contributed by atoms with Crippen molar-refractivity contribution < 1.29 is 24.0 Å². The highest BCUT2D eigenvalue weighted by molar-refractivity contribution is 8.17. The molecule has 2 heterocycles. The largest absolute Gasteiger partial charge is 0.463 e. The van der Waals surface area contributed by atoms with Crippen LogP contribution < -0.4 is 5.32 Å². The third kappa shape index (κ3) is 6.15. The summed E-state index contributed by atoms with van der Waals surface area (Å²) < 4.78 is 10.7. The second-order valence-electron chi connectivity index (χ2n) is 7.57. The zero-order valence-corrected chi connectivity index (χ0v) is 21.7. The molecule has 1 N–H and O–H groups in total. The number of nitro groups is 1. The fourth-order valence-corrected chi connectivity index (χ4v) is 4.92. The zero-order chi connectivity index (χ0) is 24.8. The minimum atomic E-state index is -0.916. The average molecular weight is 525 g/mol. The molecule has 0 fully saturated rings. The number of rotatable bonds is 7. The molecule has 0 bridgehead atoms. The number of nitrogens with one attached hydrogen (secondary N) is 1. The summed E-state index contributed by atoms with van der Waals surface area (Å²) in [6.07, 6.45) is 0.909. The number of esters is 2. The van der Waals surface area contributed by atoms with E-state index in [9.17, 15) is 19.7 Å². The molecular formula is C23H29ClN4O6S. The van der Waals surface area contributed by atoms with Crippen molar-refractivity contribution in [3.63, 3.8) is 0 Å². The summed E-state index contributed by atoms with van der Waals surface area (Å²) in [5.74, 6) is -2.12. The lowest BCUT2D eigenvalue weighted by Crippen LogP contribution is -2.35. The van der Waals surface area contributed by atoms with E-state index in [0.717, 1.165) is 13.0 Å². The van der Waals surface area contributed by atoms with Gasteiger partial charge in [0.15, 0.2) is 5.17 Å². The van der Waals surface area contributed by atoms with Crippen LogP contribution in [0.2, 0.25) is 0 Å². The summed E-state index contributed by atoms with van der Waals surface area (Å²) in [5.41, 5.74) is 1.29. The van der Waals surface area contributed by atoms with Crippen LogP contribution in [-0.2, 0) is 19.1 Å². The fraction of sp³-hybridized carbons (Fsp3) is 0.435. The molecule has 0 radical (unpaired) electrons. The van der Waals surface area contributed by atoms with Crippen molar-refractivity contribution in [3.05, 3.63) is 61.8 Å². The molecule has 12 heteroatoms. The Bertz CT molecular complexity index is 1090. The van der Waals surface area contributed by atoms with Crippen molar-refractivity contribution in [1.29, 1.82) is 0 Å². The second-order valence-corrected chi connectivity index (χ2v) is 8.55. The highest BCUT2D eigenvalue weighted by atomic mass is 35.5. The number of hydrogen-bond donors (Lipinski definition) is 1. The maximum atomic E-state index is 13.3. The maximum Gasteiger partial charge on any atom is 0.337 e. The Hall–Kier alpha value is -3.05. The van der Waals surface area contributed by atoms with Gasteiger partial charge in [0.05, 0.1) is 40.2 Å². The molecule has 0 aliphatic carbocycles. The molecule has 0 aromatic heterocycles. The number of aliphatic imine (C=N–C) groups is 1.